The van der Waals surface area contributed by atoms with E-state index in [9.17, 15) is 13.2 Å². The summed E-state index contributed by atoms with van der Waals surface area (Å²) < 4.78 is 39.4. The minimum atomic E-state index is -4.38. The number of hydrogen-bond acceptors (Lipinski definition) is 4. The molecule has 0 spiro atoms. The highest BCUT2D eigenvalue weighted by atomic mass is 19.4. The van der Waals surface area contributed by atoms with Crippen molar-refractivity contribution in [1.82, 2.24) is 15.3 Å². The highest BCUT2D eigenvalue weighted by Gasteiger charge is 2.30. The molecule has 28 heavy (non-hydrogen) atoms. The Bertz CT molecular complexity index is 791. The molecule has 4 nitrogen and oxygen atoms in total. The lowest BCUT2D eigenvalue weighted by molar-refractivity contribution is -0.137. The van der Waals surface area contributed by atoms with Gasteiger partial charge >= 0.3 is 6.18 Å². The quantitative estimate of drug-likeness (QED) is 0.774. The van der Waals surface area contributed by atoms with Crippen LogP contribution in [0.3, 0.4) is 0 Å². The standard InChI is InChI=1S/C21H27F3N4/c1-3-4-9-17-13-19(28-11-6-10-18(14-28)25-2)27-20(26-17)15-7-5-8-16(12-15)21(22,23)24/h5,7-8,12-13,18,25H,3-4,6,9-11,14H2,1-2H3. The Kier molecular flexibility index (Phi) is 6.54. The molecule has 1 aromatic heterocycles. The second-order valence-electron chi connectivity index (χ2n) is 7.30. The van der Waals surface area contributed by atoms with Crippen LogP contribution in [0.15, 0.2) is 30.3 Å². The number of aromatic nitrogens is 2. The van der Waals surface area contributed by atoms with Gasteiger partial charge in [-0.3, -0.25) is 0 Å². The van der Waals surface area contributed by atoms with Crippen molar-refractivity contribution in [2.24, 2.45) is 0 Å². The third-order valence-electron chi connectivity index (χ3n) is 5.15. The lowest BCUT2D eigenvalue weighted by Gasteiger charge is -2.33. The Morgan fingerprint density at radius 3 is 2.75 bits per heavy atom. The predicted molar refractivity (Wildman–Crippen MR) is 105 cm³/mol. The summed E-state index contributed by atoms with van der Waals surface area (Å²) >= 11 is 0. The Morgan fingerprint density at radius 2 is 2.04 bits per heavy atom. The van der Waals surface area contributed by atoms with Gasteiger partial charge in [-0.25, -0.2) is 9.97 Å². The minimum Gasteiger partial charge on any atom is -0.355 e. The molecule has 2 aromatic rings. The number of alkyl halides is 3. The summed E-state index contributed by atoms with van der Waals surface area (Å²) in [5, 5.41) is 3.31. The van der Waals surface area contributed by atoms with Crippen LogP contribution in [0.2, 0.25) is 0 Å². The van der Waals surface area contributed by atoms with Crippen molar-refractivity contribution >= 4 is 5.82 Å². The molecule has 1 N–H and O–H groups in total. The molecule has 2 heterocycles. The van der Waals surface area contributed by atoms with E-state index in [1.807, 2.05) is 13.1 Å². The molecule has 1 saturated heterocycles. The summed E-state index contributed by atoms with van der Waals surface area (Å²) in [7, 11) is 1.95. The van der Waals surface area contributed by atoms with E-state index in [0.29, 0.717) is 17.4 Å². The normalized spacial score (nSPS) is 17.8. The Hall–Kier alpha value is -2.15. The molecule has 0 bridgehead atoms. The molecule has 0 amide bonds. The molecule has 0 aliphatic carbocycles. The number of anilines is 1. The lowest BCUT2D eigenvalue weighted by Crippen LogP contribution is -2.44. The van der Waals surface area contributed by atoms with E-state index in [1.165, 1.54) is 6.07 Å². The van der Waals surface area contributed by atoms with Crippen LogP contribution in [-0.2, 0) is 12.6 Å². The molecule has 1 aliphatic rings. The number of rotatable bonds is 6. The van der Waals surface area contributed by atoms with Gasteiger partial charge in [-0.05, 0) is 44.9 Å². The maximum Gasteiger partial charge on any atom is 0.416 e. The van der Waals surface area contributed by atoms with E-state index in [1.54, 1.807) is 6.07 Å². The molecular weight excluding hydrogens is 365 g/mol. The van der Waals surface area contributed by atoms with Crippen molar-refractivity contribution in [3.8, 4) is 11.4 Å². The van der Waals surface area contributed by atoms with E-state index < -0.39 is 11.7 Å². The van der Waals surface area contributed by atoms with Crippen molar-refractivity contribution in [3.63, 3.8) is 0 Å². The van der Waals surface area contributed by atoms with Crippen LogP contribution in [0.5, 0.6) is 0 Å². The van der Waals surface area contributed by atoms with Gasteiger partial charge in [0.15, 0.2) is 5.82 Å². The first-order chi connectivity index (χ1) is 13.4. The predicted octanol–water partition coefficient (Wildman–Crippen LogP) is 4.69. The van der Waals surface area contributed by atoms with Crippen molar-refractivity contribution in [2.45, 2.75) is 51.2 Å². The molecule has 1 unspecified atom stereocenters. The molecule has 0 saturated carbocycles. The highest BCUT2D eigenvalue weighted by Crippen LogP contribution is 2.32. The van der Waals surface area contributed by atoms with E-state index >= 15 is 0 Å². The number of hydrogen-bond donors (Lipinski definition) is 1. The Morgan fingerprint density at radius 1 is 1.21 bits per heavy atom. The van der Waals surface area contributed by atoms with E-state index in [-0.39, 0.29) is 0 Å². The first-order valence-electron chi connectivity index (χ1n) is 9.88. The van der Waals surface area contributed by atoms with Crippen LogP contribution in [0, 0.1) is 0 Å². The zero-order chi connectivity index (χ0) is 20.1. The molecule has 3 rings (SSSR count). The number of benzene rings is 1. The molecule has 0 radical (unpaired) electrons. The summed E-state index contributed by atoms with van der Waals surface area (Å²) in [4.78, 5) is 11.4. The monoisotopic (exact) mass is 392 g/mol. The number of aryl methyl sites for hydroxylation is 1. The zero-order valence-electron chi connectivity index (χ0n) is 16.4. The van der Waals surface area contributed by atoms with Gasteiger partial charge in [-0.15, -0.1) is 0 Å². The number of nitrogens with zero attached hydrogens (tertiary/aromatic N) is 3. The maximum atomic E-state index is 13.1. The first-order valence-corrected chi connectivity index (χ1v) is 9.88. The molecular formula is C21H27F3N4. The smallest absolute Gasteiger partial charge is 0.355 e. The van der Waals surface area contributed by atoms with Gasteiger partial charge in [0.05, 0.1) is 5.56 Å². The van der Waals surface area contributed by atoms with Crippen LogP contribution in [0.4, 0.5) is 19.0 Å². The molecule has 1 atom stereocenters. The van der Waals surface area contributed by atoms with Crippen LogP contribution >= 0.6 is 0 Å². The van der Waals surface area contributed by atoms with Gasteiger partial charge in [0.2, 0.25) is 0 Å². The SMILES string of the molecule is CCCCc1cc(N2CCCC(NC)C2)nc(-c2cccc(C(F)(F)F)c2)n1. The molecule has 1 fully saturated rings. The van der Waals surface area contributed by atoms with Crippen LogP contribution in [0.1, 0.15) is 43.9 Å². The number of nitrogens with one attached hydrogen (secondary N) is 1. The molecule has 1 aliphatic heterocycles. The number of halogens is 3. The van der Waals surface area contributed by atoms with E-state index in [0.717, 1.165) is 68.8 Å². The largest absolute Gasteiger partial charge is 0.416 e. The molecule has 152 valence electrons. The first kappa shape index (κ1) is 20.6. The fourth-order valence-corrected chi connectivity index (χ4v) is 3.52. The molecule has 1 aromatic carbocycles. The third kappa shape index (κ3) is 5.01. The summed E-state index contributed by atoms with van der Waals surface area (Å²) in [5.74, 6) is 1.16. The average Bonchev–Trinajstić information content (AvgIpc) is 2.71. The molecule has 7 heteroatoms. The van der Waals surface area contributed by atoms with Crippen LogP contribution in [0.25, 0.3) is 11.4 Å². The zero-order valence-corrected chi connectivity index (χ0v) is 16.4. The average molecular weight is 392 g/mol. The summed E-state index contributed by atoms with van der Waals surface area (Å²) in [5.41, 5.74) is 0.602. The fraction of sp³-hybridized carbons (Fsp3) is 0.524. The second kappa shape index (κ2) is 8.90. The summed E-state index contributed by atoms with van der Waals surface area (Å²) in [6, 6.07) is 7.65. The van der Waals surface area contributed by atoms with E-state index in [2.05, 4.69) is 27.1 Å². The van der Waals surface area contributed by atoms with Gasteiger partial charge in [0.25, 0.3) is 0 Å². The number of piperidine rings is 1. The van der Waals surface area contributed by atoms with Crippen LogP contribution in [-0.4, -0.2) is 36.1 Å². The van der Waals surface area contributed by atoms with E-state index in [4.69, 9.17) is 0 Å². The summed E-state index contributed by atoms with van der Waals surface area (Å²) in [6.45, 7) is 3.84. The number of unbranched alkanes of at least 4 members (excludes halogenated alkanes) is 1. The third-order valence-corrected chi connectivity index (χ3v) is 5.15. The lowest BCUT2D eigenvalue weighted by atomic mass is 10.1. The van der Waals surface area contributed by atoms with Gasteiger partial charge in [-0.1, -0.05) is 25.5 Å². The van der Waals surface area contributed by atoms with Gasteiger partial charge < -0.3 is 10.2 Å². The van der Waals surface area contributed by atoms with Gasteiger partial charge in [0.1, 0.15) is 5.82 Å². The maximum absolute atomic E-state index is 13.1. The van der Waals surface area contributed by atoms with Gasteiger partial charge in [-0.2, -0.15) is 13.2 Å². The second-order valence-corrected chi connectivity index (χ2v) is 7.30. The van der Waals surface area contributed by atoms with Crippen molar-refractivity contribution in [2.75, 3.05) is 25.0 Å². The fourth-order valence-electron chi connectivity index (χ4n) is 3.52. The Labute approximate surface area is 164 Å². The van der Waals surface area contributed by atoms with Gasteiger partial charge in [0, 0.05) is 36.5 Å². The Balaban J connectivity index is 1.98. The summed E-state index contributed by atoms with van der Waals surface area (Å²) in [6.07, 6.45) is 0.591. The van der Waals surface area contributed by atoms with Crippen LogP contribution < -0.4 is 10.2 Å². The number of likely N-dealkylation sites (N-methyl/N-ethyl adjacent to an activating group) is 1. The highest BCUT2D eigenvalue weighted by molar-refractivity contribution is 5.59. The minimum absolute atomic E-state index is 0.362. The van der Waals surface area contributed by atoms with Crippen molar-refractivity contribution in [3.05, 3.63) is 41.6 Å². The van der Waals surface area contributed by atoms with Crippen molar-refractivity contribution in [1.29, 1.82) is 0 Å². The topological polar surface area (TPSA) is 41.0 Å². The van der Waals surface area contributed by atoms with Crippen molar-refractivity contribution < 1.29 is 13.2 Å².